The second kappa shape index (κ2) is 6.64. The minimum Gasteiger partial charge on any atom is -0.494 e. The van der Waals surface area contributed by atoms with Crippen molar-refractivity contribution >= 4 is 12.4 Å². The number of benzene rings is 1. The molecule has 1 aromatic carbocycles. The Balaban J connectivity index is 0.00000196. The lowest BCUT2D eigenvalue weighted by Crippen LogP contribution is -2.18. The first-order valence-corrected chi connectivity index (χ1v) is 4.80. The maximum Gasteiger partial charge on any atom is 0.123 e. The fourth-order valence-electron chi connectivity index (χ4n) is 1.35. The molecule has 0 fully saturated rings. The first-order valence-electron chi connectivity index (χ1n) is 4.80. The van der Waals surface area contributed by atoms with Crippen molar-refractivity contribution in [3.8, 4) is 5.75 Å². The van der Waals surface area contributed by atoms with E-state index in [-0.39, 0.29) is 24.3 Å². The fourth-order valence-corrected chi connectivity index (χ4v) is 1.35. The molecule has 4 heteroatoms. The zero-order valence-corrected chi connectivity index (χ0v) is 9.81. The normalized spacial score (nSPS) is 11.7. The summed E-state index contributed by atoms with van der Waals surface area (Å²) in [7, 11) is 0. The zero-order valence-electron chi connectivity index (χ0n) is 9.00. The van der Waals surface area contributed by atoms with Gasteiger partial charge >= 0.3 is 0 Å². The largest absolute Gasteiger partial charge is 0.494 e. The third-order valence-electron chi connectivity index (χ3n) is 1.86. The van der Waals surface area contributed by atoms with Crippen molar-refractivity contribution in [2.75, 3.05) is 6.61 Å². The third kappa shape index (κ3) is 4.49. The number of hydrogen-bond donors (Lipinski definition) is 1. The lowest BCUT2D eigenvalue weighted by atomic mass is 10.1. The first-order chi connectivity index (χ1) is 6.63. The standard InChI is InChI=1S/C11H16FNO.ClH/c1-3-14-11-5-4-10(12)7-9(11)6-8(2)13;/h4-5,7-8H,3,6,13H2,1-2H3;1H. The van der Waals surface area contributed by atoms with Crippen molar-refractivity contribution in [1.82, 2.24) is 0 Å². The molecule has 1 atom stereocenters. The van der Waals surface area contributed by atoms with Gasteiger partial charge in [0.1, 0.15) is 11.6 Å². The van der Waals surface area contributed by atoms with Crippen LogP contribution in [0.5, 0.6) is 5.75 Å². The van der Waals surface area contributed by atoms with Gasteiger partial charge in [-0.25, -0.2) is 4.39 Å². The van der Waals surface area contributed by atoms with Crippen molar-refractivity contribution < 1.29 is 9.13 Å². The Bertz CT molecular complexity index is 305. The van der Waals surface area contributed by atoms with Crippen molar-refractivity contribution in [1.29, 1.82) is 0 Å². The molecule has 2 N–H and O–H groups in total. The van der Waals surface area contributed by atoms with Gasteiger partial charge in [0.2, 0.25) is 0 Å². The summed E-state index contributed by atoms with van der Waals surface area (Å²) in [5.41, 5.74) is 6.50. The lowest BCUT2D eigenvalue weighted by molar-refractivity contribution is 0.335. The van der Waals surface area contributed by atoms with Gasteiger partial charge in [-0.1, -0.05) is 0 Å². The monoisotopic (exact) mass is 233 g/mol. The van der Waals surface area contributed by atoms with Crippen LogP contribution in [-0.2, 0) is 6.42 Å². The summed E-state index contributed by atoms with van der Waals surface area (Å²) < 4.78 is 18.3. The summed E-state index contributed by atoms with van der Waals surface area (Å²) in [6.45, 7) is 4.37. The summed E-state index contributed by atoms with van der Waals surface area (Å²) in [4.78, 5) is 0. The molecule has 0 amide bonds. The summed E-state index contributed by atoms with van der Waals surface area (Å²) in [6, 6.07) is 4.54. The highest BCUT2D eigenvalue weighted by Gasteiger charge is 2.06. The van der Waals surface area contributed by atoms with E-state index in [0.29, 0.717) is 13.0 Å². The lowest BCUT2D eigenvalue weighted by Gasteiger charge is -2.11. The van der Waals surface area contributed by atoms with E-state index in [1.54, 1.807) is 6.07 Å². The maximum atomic E-state index is 12.9. The maximum absolute atomic E-state index is 12.9. The zero-order chi connectivity index (χ0) is 10.6. The highest BCUT2D eigenvalue weighted by Crippen LogP contribution is 2.20. The van der Waals surface area contributed by atoms with Crippen molar-refractivity contribution in [3.63, 3.8) is 0 Å². The van der Waals surface area contributed by atoms with Crippen LogP contribution in [0.1, 0.15) is 19.4 Å². The molecule has 1 rings (SSSR count). The first kappa shape index (κ1) is 14.2. The van der Waals surface area contributed by atoms with Gasteiger partial charge in [0.15, 0.2) is 0 Å². The van der Waals surface area contributed by atoms with E-state index < -0.39 is 0 Å². The molecule has 0 saturated heterocycles. The van der Waals surface area contributed by atoms with Gasteiger partial charge < -0.3 is 10.5 Å². The molecule has 15 heavy (non-hydrogen) atoms. The molecule has 0 bridgehead atoms. The Morgan fingerprint density at radius 2 is 2.13 bits per heavy atom. The quantitative estimate of drug-likeness (QED) is 0.868. The molecule has 0 aliphatic rings. The number of ether oxygens (including phenoxy) is 1. The van der Waals surface area contributed by atoms with Crippen LogP contribution in [0.2, 0.25) is 0 Å². The highest BCUT2D eigenvalue weighted by molar-refractivity contribution is 5.85. The Kier molecular flexibility index (Phi) is 6.29. The molecule has 0 aromatic heterocycles. The van der Waals surface area contributed by atoms with Gasteiger partial charge in [-0.15, -0.1) is 12.4 Å². The number of halogens is 2. The molecule has 86 valence electrons. The average Bonchev–Trinajstić information content (AvgIpc) is 2.09. The van der Waals surface area contributed by atoms with Crippen LogP contribution in [0.4, 0.5) is 4.39 Å². The number of rotatable bonds is 4. The van der Waals surface area contributed by atoms with Gasteiger partial charge in [-0.2, -0.15) is 0 Å². The van der Waals surface area contributed by atoms with E-state index in [9.17, 15) is 4.39 Å². The number of hydrogen-bond acceptors (Lipinski definition) is 2. The fraction of sp³-hybridized carbons (Fsp3) is 0.455. The molecular formula is C11H17ClFNO. The van der Waals surface area contributed by atoms with Gasteiger partial charge in [-0.3, -0.25) is 0 Å². The van der Waals surface area contributed by atoms with Crippen LogP contribution in [0.15, 0.2) is 18.2 Å². The van der Waals surface area contributed by atoms with E-state index in [2.05, 4.69) is 0 Å². The van der Waals surface area contributed by atoms with Crippen molar-refractivity contribution in [3.05, 3.63) is 29.6 Å². The topological polar surface area (TPSA) is 35.2 Å². The molecule has 0 radical (unpaired) electrons. The van der Waals surface area contributed by atoms with E-state index in [1.807, 2.05) is 13.8 Å². The van der Waals surface area contributed by atoms with Crippen LogP contribution in [0.25, 0.3) is 0 Å². The van der Waals surface area contributed by atoms with Crippen molar-refractivity contribution in [2.24, 2.45) is 5.73 Å². The van der Waals surface area contributed by atoms with Crippen LogP contribution >= 0.6 is 12.4 Å². The SMILES string of the molecule is CCOc1ccc(F)cc1CC(C)N.Cl. The Morgan fingerprint density at radius 3 is 2.67 bits per heavy atom. The molecule has 0 aliphatic carbocycles. The summed E-state index contributed by atoms with van der Waals surface area (Å²) >= 11 is 0. The van der Waals surface area contributed by atoms with Gasteiger partial charge in [-0.05, 0) is 44.0 Å². The molecule has 2 nitrogen and oxygen atoms in total. The van der Waals surface area contributed by atoms with Crippen LogP contribution in [0.3, 0.4) is 0 Å². The molecule has 0 spiro atoms. The van der Waals surface area contributed by atoms with E-state index in [1.165, 1.54) is 12.1 Å². The molecule has 1 aromatic rings. The van der Waals surface area contributed by atoms with Gasteiger partial charge in [0, 0.05) is 6.04 Å². The second-order valence-corrected chi connectivity index (χ2v) is 3.37. The average molecular weight is 234 g/mol. The van der Waals surface area contributed by atoms with Crippen molar-refractivity contribution in [2.45, 2.75) is 26.3 Å². The summed E-state index contributed by atoms with van der Waals surface area (Å²) in [6.07, 6.45) is 0.632. The van der Waals surface area contributed by atoms with Gasteiger partial charge in [0.25, 0.3) is 0 Å². The van der Waals surface area contributed by atoms with E-state index in [4.69, 9.17) is 10.5 Å². The summed E-state index contributed by atoms with van der Waals surface area (Å²) in [5, 5.41) is 0. The molecule has 0 heterocycles. The molecule has 0 saturated carbocycles. The molecule has 0 aliphatic heterocycles. The minimum atomic E-state index is -0.246. The van der Waals surface area contributed by atoms with Gasteiger partial charge in [0.05, 0.1) is 6.61 Å². The molecule has 1 unspecified atom stereocenters. The second-order valence-electron chi connectivity index (χ2n) is 3.37. The predicted molar refractivity (Wildman–Crippen MR) is 62.2 cm³/mol. The third-order valence-corrected chi connectivity index (χ3v) is 1.86. The van der Waals surface area contributed by atoms with E-state index >= 15 is 0 Å². The predicted octanol–water partition coefficient (Wildman–Crippen LogP) is 2.54. The Hall–Kier alpha value is -0.800. The smallest absolute Gasteiger partial charge is 0.123 e. The van der Waals surface area contributed by atoms with Crippen LogP contribution in [0, 0.1) is 5.82 Å². The highest BCUT2D eigenvalue weighted by atomic mass is 35.5. The number of nitrogens with two attached hydrogens (primary N) is 1. The minimum absolute atomic E-state index is 0. The Labute approximate surface area is 96.0 Å². The van der Waals surface area contributed by atoms with Crippen LogP contribution in [-0.4, -0.2) is 12.6 Å². The summed E-state index contributed by atoms with van der Waals surface area (Å²) in [5.74, 6) is 0.482. The molecular weight excluding hydrogens is 217 g/mol. The van der Waals surface area contributed by atoms with E-state index in [0.717, 1.165) is 11.3 Å². The van der Waals surface area contributed by atoms with Crippen LogP contribution < -0.4 is 10.5 Å². The Morgan fingerprint density at radius 1 is 1.47 bits per heavy atom.